The van der Waals surface area contributed by atoms with Crippen molar-refractivity contribution < 1.29 is 0 Å². The van der Waals surface area contributed by atoms with Crippen LogP contribution in [0.5, 0.6) is 0 Å². The van der Waals surface area contributed by atoms with Gasteiger partial charge in [0.2, 0.25) is 0 Å². The lowest BCUT2D eigenvalue weighted by atomic mass is 9.33. The molecule has 2 aliphatic heterocycles. The molecular formula is C58H37BN4. The van der Waals surface area contributed by atoms with E-state index in [1.54, 1.807) is 0 Å². The molecule has 14 rings (SSSR count). The first-order valence-electron chi connectivity index (χ1n) is 21.8. The highest BCUT2D eigenvalue weighted by molar-refractivity contribution is 7.00. The molecule has 0 amide bonds. The summed E-state index contributed by atoms with van der Waals surface area (Å²) in [6, 6.07) is 83.0. The van der Waals surface area contributed by atoms with Crippen LogP contribution in [0, 0.1) is 0 Å². The molecule has 292 valence electrons. The maximum atomic E-state index is 2.52. The summed E-state index contributed by atoms with van der Waals surface area (Å²) in [5.74, 6) is 0. The monoisotopic (exact) mass is 800 g/mol. The van der Waals surface area contributed by atoms with E-state index >= 15 is 0 Å². The molecule has 63 heavy (non-hydrogen) atoms. The maximum absolute atomic E-state index is 2.52. The summed E-state index contributed by atoms with van der Waals surface area (Å²) in [5, 5.41) is 7.48. The second-order valence-corrected chi connectivity index (χ2v) is 16.9. The van der Waals surface area contributed by atoms with E-state index < -0.39 is 0 Å². The summed E-state index contributed by atoms with van der Waals surface area (Å²) in [6.45, 7) is -0.0164. The summed E-state index contributed by atoms with van der Waals surface area (Å²) in [4.78, 5) is 5.02. The predicted molar refractivity (Wildman–Crippen MR) is 267 cm³/mol. The number of hydrogen-bond acceptors (Lipinski definition) is 2. The molecule has 0 fully saturated rings. The summed E-state index contributed by atoms with van der Waals surface area (Å²) in [5.41, 5.74) is 18.0. The van der Waals surface area contributed by atoms with Gasteiger partial charge in [-0.1, -0.05) is 140 Å². The number of anilines is 6. The van der Waals surface area contributed by atoms with Crippen LogP contribution >= 0.6 is 0 Å². The summed E-state index contributed by atoms with van der Waals surface area (Å²) in [6.07, 6.45) is 0. The Bertz CT molecular complexity index is 3740. The SMILES string of the molecule is c1ccc(N2c3cc(-n4c5ccccc5c5ccccc54)ccc3B3c4ccc(-n5c6ccccc6c6ccccc65)cc4N(c4ccc5ccccc5c4)c4cccc2c43)cc1. The van der Waals surface area contributed by atoms with Crippen LogP contribution in [0.2, 0.25) is 0 Å². The van der Waals surface area contributed by atoms with Crippen LogP contribution in [0.4, 0.5) is 34.1 Å². The standard InChI is InChI=1S/C58H37BN4/c1-2-17-40(18-3-1)60-54-27-14-28-55-58(54)59(48-33-31-42(36-56(48)60)61-50-23-10-6-19-44(50)45-20-7-11-24-51(45)61)49-34-32-43(62-52-25-12-8-21-46(52)47-22-9-13-26-53(47)62)37-57(49)63(55)41-30-29-38-15-4-5-16-39(38)35-41/h1-37H. The van der Waals surface area contributed by atoms with Crippen LogP contribution in [0.25, 0.3) is 65.8 Å². The molecule has 0 unspecified atom stereocenters. The molecule has 4 heterocycles. The van der Waals surface area contributed by atoms with Crippen LogP contribution in [-0.2, 0) is 0 Å². The fourth-order valence-corrected chi connectivity index (χ4v) is 11.0. The summed E-state index contributed by atoms with van der Waals surface area (Å²) < 4.78 is 4.88. The van der Waals surface area contributed by atoms with Crippen molar-refractivity contribution in [3.8, 4) is 11.4 Å². The van der Waals surface area contributed by atoms with E-state index in [1.807, 2.05) is 0 Å². The molecule has 2 aliphatic rings. The zero-order chi connectivity index (χ0) is 41.2. The van der Waals surface area contributed by atoms with E-state index in [-0.39, 0.29) is 6.71 Å². The van der Waals surface area contributed by atoms with Crippen molar-refractivity contribution in [1.29, 1.82) is 0 Å². The van der Waals surface area contributed by atoms with Gasteiger partial charge in [0, 0.05) is 67.0 Å². The Labute approximate surface area is 364 Å². The van der Waals surface area contributed by atoms with Gasteiger partial charge in [0.1, 0.15) is 0 Å². The van der Waals surface area contributed by atoms with Gasteiger partial charge in [-0.2, -0.15) is 0 Å². The average Bonchev–Trinajstić information content (AvgIpc) is 3.87. The fraction of sp³-hybridized carbons (Fsp3) is 0. The highest BCUT2D eigenvalue weighted by Gasteiger charge is 2.43. The van der Waals surface area contributed by atoms with E-state index in [0.717, 1.165) is 22.7 Å². The van der Waals surface area contributed by atoms with Crippen molar-refractivity contribution in [1.82, 2.24) is 9.13 Å². The molecule has 0 atom stereocenters. The Hall–Kier alpha value is -8.28. The van der Waals surface area contributed by atoms with E-state index in [2.05, 4.69) is 243 Å². The van der Waals surface area contributed by atoms with Crippen LogP contribution < -0.4 is 26.2 Å². The van der Waals surface area contributed by atoms with E-state index in [9.17, 15) is 0 Å². The van der Waals surface area contributed by atoms with Crippen molar-refractivity contribution in [3.05, 3.63) is 224 Å². The third-order valence-corrected chi connectivity index (χ3v) is 13.6. The molecule has 5 heteroatoms. The number of nitrogens with zero attached hydrogens (tertiary/aromatic N) is 4. The topological polar surface area (TPSA) is 16.3 Å². The van der Waals surface area contributed by atoms with Gasteiger partial charge in [-0.25, -0.2) is 0 Å². The van der Waals surface area contributed by atoms with Gasteiger partial charge in [0.25, 0.3) is 6.71 Å². The zero-order valence-corrected chi connectivity index (χ0v) is 34.2. The van der Waals surface area contributed by atoms with Crippen LogP contribution in [0.1, 0.15) is 0 Å². The molecule has 0 spiro atoms. The molecule has 0 saturated carbocycles. The Morgan fingerprint density at radius 3 is 1.22 bits per heavy atom. The van der Waals surface area contributed by atoms with Crippen molar-refractivity contribution in [3.63, 3.8) is 0 Å². The van der Waals surface area contributed by atoms with Crippen LogP contribution in [-0.4, -0.2) is 15.8 Å². The molecule has 0 saturated heterocycles. The molecular weight excluding hydrogens is 763 g/mol. The summed E-state index contributed by atoms with van der Waals surface area (Å²) >= 11 is 0. The molecule has 2 aromatic heterocycles. The Morgan fingerprint density at radius 2 is 0.698 bits per heavy atom. The van der Waals surface area contributed by atoms with Gasteiger partial charge >= 0.3 is 0 Å². The minimum Gasteiger partial charge on any atom is -0.311 e. The average molecular weight is 801 g/mol. The van der Waals surface area contributed by atoms with Gasteiger partial charge in [0.15, 0.2) is 0 Å². The number of hydrogen-bond donors (Lipinski definition) is 0. The molecule has 10 aromatic carbocycles. The van der Waals surface area contributed by atoms with Crippen molar-refractivity contribution in [2.45, 2.75) is 0 Å². The number of aromatic nitrogens is 2. The number of rotatable bonds is 4. The minimum atomic E-state index is -0.0164. The Kier molecular flexibility index (Phi) is 7.17. The number of fused-ring (bicyclic) bond motifs is 11. The maximum Gasteiger partial charge on any atom is 0.252 e. The van der Waals surface area contributed by atoms with Crippen LogP contribution in [0.3, 0.4) is 0 Å². The number of benzene rings is 10. The lowest BCUT2D eigenvalue weighted by Crippen LogP contribution is -2.61. The summed E-state index contributed by atoms with van der Waals surface area (Å²) in [7, 11) is 0. The molecule has 0 N–H and O–H groups in total. The number of para-hydroxylation sites is 5. The molecule has 4 nitrogen and oxygen atoms in total. The second kappa shape index (κ2) is 13.1. The lowest BCUT2D eigenvalue weighted by molar-refractivity contribution is 1.17. The normalized spacial score (nSPS) is 13.0. The Morgan fingerprint density at radius 1 is 0.270 bits per heavy atom. The quantitative estimate of drug-likeness (QED) is 0.165. The van der Waals surface area contributed by atoms with Crippen molar-refractivity contribution in [2.24, 2.45) is 0 Å². The van der Waals surface area contributed by atoms with Gasteiger partial charge < -0.3 is 18.9 Å². The first-order valence-corrected chi connectivity index (χ1v) is 21.8. The fourth-order valence-electron chi connectivity index (χ4n) is 11.0. The van der Waals surface area contributed by atoms with Gasteiger partial charge in [-0.05, 0) is 112 Å². The molecule has 12 aromatic rings. The smallest absolute Gasteiger partial charge is 0.252 e. The Balaban J connectivity index is 1.06. The lowest BCUT2D eigenvalue weighted by Gasteiger charge is -2.44. The highest BCUT2D eigenvalue weighted by Crippen LogP contribution is 2.46. The zero-order valence-electron chi connectivity index (χ0n) is 34.2. The largest absolute Gasteiger partial charge is 0.311 e. The van der Waals surface area contributed by atoms with Gasteiger partial charge in [-0.15, -0.1) is 0 Å². The van der Waals surface area contributed by atoms with Crippen molar-refractivity contribution in [2.75, 3.05) is 9.80 Å². The van der Waals surface area contributed by atoms with E-state index in [4.69, 9.17) is 0 Å². The predicted octanol–water partition coefficient (Wildman–Crippen LogP) is 13.1. The van der Waals surface area contributed by atoms with Crippen molar-refractivity contribution >= 4 is 112 Å². The van der Waals surface area contributed by atoms with Crippen LogP contribution in [0.15, 0.2) is 224 Å². The van der Waals surface area contributed by atoms with E-state index in [1.165, 1.54) is 93.5 Å². The minimum absolute atomic E-state index is 0.0164. The first-order chi connectivity index (χ1) is 31.3. The molecule has 0 radical (unpaired) electrons. The third-order valence-electron chi connectivity index (χ3n) is 13.6. The van der Waals surface area contributed by atoms with E-state index in [0.29, 0.717) is 0 Å². The first kappa shape index (κ1) is 34.4. The van der Waals surface area contributed by atoms with Gasteiger partial charge in [0.05, 0.1) is 22.1 Å². The highest BCUT2D eigenvalue weighted by atomic mass is 15.2. The molecule has 0 bridgehead atoms. The van der Waals surface area contributed by atoms with Gasteiger partial charge in [-0.3, -0.25) is 0 Å². The third kappa shape index (κ3) is 4.87. The molecule has 0 aliphatic carbocycles. The second-order valence-electron chi connectivity index (χ2n) is 16.9.